The highest BCUT2D eigenvalue weighted by Crippen LogP contribution is 2.29. The molecule has 0 saturated carbocycles. The van der Waals surface area contributed by atoms with Crippen molar-refractivity contribution >= 4 is 54.8 Å². The number of anilines is 2. The Balaban J connectivity index is 0.000000251. The lowest BCUT2D eigenvalue weighted by Gasteiger charge is -2.03. The van der Waals surface area contributed by atoms with Gasteiger partial charge in [0.2, 0.25) is 0 Å². The molecule has 0 amide bonds. The summed E-state index contributed by atoms with van der Waals surface area (Å²) in [5.74, 6) is 0. The van der Waals surface area contributed by atoms with Crippen molar-refractivity contribution in [2.24, 2.45) is 0 Å². The van der Waals surface area contributed by atoms with Gasteiger partial charge in [-0.15, -0.1) is 0 Å². The molecule has 0 saturated heterocycles. The van der Waals surface area contributed by atoms with E-state index in [1.807, 2.05) is 0 Å². The maximum absolute atomic E-state index is 10.7. The molecule has 0 unspecified atom stereocenters. The molecule has 0 aliphatic heterocycles. The zero-order chi connectivity index (χ0) is 19.6. The molecule has 0 aromatic heterocycles. The predicted octanol–water partition coefficient (Wildman–Crippen LogP) is 2.65. The van der Waals surface area contributed by atoms with Gasteiger partial charge in [-0.3, -0.25) is 9.11 Å². The largest absolute Gasteiger partial charge is 0.399 e. The Kier molecular flexibility index (Phi) is 6.68. The van der Waals surface area contributed by atoms with Crippen LogP contribution in [0.1, 0.15) is 5.56 Å². The second-order valence-corrected chi connectivity index (χ2v) is 8.37. The zero-order valence-electron chi connectivity index (χ0n) is 12.6. The Hall–Kier alpha value is -1.56. The summed E-state index contributed by atoms with van der Waals surface area (Å²) in [5.41, 5.74) is 11.6. The molecule has 2 aromatic carbocycles. The minimum absolute atomic E-state index is 0.0250. The van der Waals surface area contributed by atoms with Crippen molar-refractivity contribution in [2.75, 3.05) is 11.5 Å². The number of hydrogen-bond donors (Lipinski definition) is 4. The van der Waals surface area contributed by atoms with Crippen LogP contribution >= 0.6 is 23.2 Å². The lowest BCUT2D eigenvalue weighted by atomic mass is 10.2. The van der Waals surface area contributed by atoms with Gasteiger partial charge in [0, 0.05) is 5.69 Å². The lowest BCUT2D eigenvalue weighted by molar-refractivity contribution is 0.480. The molecule has 12 heteroatoms. The van der Waals surface area contributed by atoms with Crippen molar-refractivity contribution in [3.8, 4) is 0 Å². The van der Waals surface area contributed by atoms with Gasteiger partial charge >= 0.3 is 0 Å². The van der Waals surface area contributed by atoms with Gasteiger partial charge in [0.05, 0.1) is 20.6 Å². The molecule has 0 bridgehead atoms. The van der Waals surface area contributed by atoms with Crippen LogP contribution in [-0.2, 0) is 20.2 Å². The summed E-state index contributed by atoms with van der Waals surface area (Å²) >= 11 is 11.0. The van der Waals surface area contributed by atoms with E-state index in [1.54, 1.807) is 19.1 Å². The minimum atomic E-state index is -4.34. The maximum atomic E-state index is 10.7. The highest BCUT2D eigenvalue weighted by atomic mass is 35.5. The molecule has 2 aromatic rings. The molecular weight excluding hydrogens is 415 g/mol. The van der Waals surface area contributed by atoms with Gasteiger partial charge in [0.1, 0.15) is 4.90 Å². The summed E-state index contributed by atoms with van der Waals surface area (Å²) in [6.45, 7) is 1.59. The molecule has 0 heterocycles. The normalized spacial score (nSPS) is 11.6. The van der Waals surface area contributed by atoms with Crippen molar-refractivity contribution < 1.29 is 25.9 Å². The summed E-state index contributed by atoms with van der Waals surface area (Å²) in [6, 6.07) is 6.49. The third kappa shape index (κ3) is 6.03. The molecule has 0 atom stereocenters. The number of benzene rings is 2. The van der Waals surface area contributed by atoms with Crippen molar-refractivity contribution in [3.63, 3.8) is 0 Å². The van der Waals surface area contributed by atoms with Crippen LogP contribution in [0, 0.1) is 6.92 Å². The molecule has 0 aliphatic carbocycles. The number of nitrogens with two attached hydrogens (primary N) is 2. The Bertz CT molecular complexity index is 1010. The SMILES string of the molecule is Cc1ccc(N)cc1S(=O)(=O)O.Nc1cc(Cl)c(S(=O)(=O)O)cc1Cl. The smallest absolute Gasteiger partial charge is 0.296 e. The van der Waals surface area contributed by atoms with Crippen LogP contribution in [-0.4, -0.2) is 25.9 Å². The molecule has 0 aliphatic rings. The summed E-state index contributed by atoms with van der Waals surface area (Å²) in [4.78, 5) is -0.587. The monoisotopic (exact) mass is 428 g/mol. The number of rotatable bonds is 2. The molecule has 25 heavy (non-hydrogen) atoms. The van der Waals surface area contributed by atoms with Crippen LogP contribution < -0.4 is 11.5 Å². The van der Waals surface area contributed by atoms with Crippen molar-refractivity contribution in [1.29, 1.82) is 0 Å². The Morgan fingerprint density at radius 3 is 1.80 bits per heavy atom. The van der Waals surface area contributed by atoms with E-state index < -0.39 is 25.1 Å². The van der Waals surface area contributed by atoms with Gasteiger partial charge in [-0.25, -0.2) is 0 Å². The van der Waals surface area contributed by atoms with Gasteiger partial charge in [-0.1, -0.05) is 29.3 Å². The van der Waals surface area contributed by atoms with E-state index in [4.69, 9.17) is 43.8 Å². The van der Waals surface area contributed by atoms with E-state index in [2.05, 4.69) is 0 Å². The summed E-state index contributed by atoms with van der Waals surface area (Å²) in [5, 5.41) is -0.138. The molecular formula is C13H14Cl2N2O6S2. The zero-order valence-corrected chi connectivity index (χ0v) is 15.8. The first-order valence-electron chi connectivity index (χ1n) is 6.29. The first-order chi connectivity index (χ1) is 11.2. The van der Waals surface area contributed by atoms with E-state index in [0.29, 0.717) is 11.3 Å². The average molecular weight is 429 g/mol. The van der Waals surface area contributed by atoms with E-state index in [9.17, 15) is 16.8 Å². The predicted molar refractivity (Wildman–Crippen MR) is 96.1 cm³/mol. The molecule has 6 N–H and O–H groups in total. The topological polar surface area (TPSA) is 161 Å². The molecule has 0 spiro atoms. The fourth-order valence-corrected chi connectivity index (χ4v) is 3.66. The van der Waals surface area contributed by atoms with Crippen molar-refractivity contribution in [3.05, 3.63) is 45.9 Å². The molecule has 2 rings (SSSR count). The molecule has 0 fully saturated rings. The first kappa shape index (κ1) is 21.5. The standard InChI is InChI=1S/C7H9NO3S.C6H5Cl2NO3S/c1-5-2-3-6(8)4-7(5)12(9,10)11;7-3-2-6(13(10,11)12)4(8)1-5(3)9/h2-4H,8H2,1H3,(H,9,10,11);1-2H,9H2,(H,10,11,12). The van der Waals surface area contributed by atoms with Crippen LogP contribution in [0.4, 0.5) is 11.4 Å². The van der Waals surface area contributed by atoms with Gasteiger partial charge in [0.15, 0.2) is 0 Å². The maximum Gasteiger partial charge on any atom is 0.296 e. The van der Waals surface area contributed by atoms with Gasteiger partial charge in [-0.2, -0.15) is 16.8 Å². The van der Waals surface area contributed by atoms with Crippen LogP contribution in [0.5, 0.6) is 0 Å². The fourth-order valence-electron chi connectivity index (χ4n) is 1.64. The van der Waals surface area contributed by atoms with Crippen LogP contribution in [0.25, 0.3) is 0 Å². The second-order valence-electron chi connectivity index (χ2n) is 4.78. The summed E-state index contributed by atoms with van der Waals surface area (Å²) in [7, 11) is -8.48. The number of nitrogen functional groups attached to an aromatic ring is 2. The first-order valence-corrected chi connectivity index (χ1v) is 9.92. The lowest BCUT2D eigenvalue weighted by Crippen LogP contribution is -2.01. The fraction of sp³-hybridized carbons (Fsp3) is 0.0769. The summed E-state index contributed by atoms with van der Waals surface area (Å²) < 4.78 is 60.2. The highest BCUT2D eigenvalue weighted by molar-refractivity contribution is 7.86. The van der Waals surface area contributed by atoms with Gasteiger partial charge in [0.25, 0.3) is 20.2 Å². The van der Waals surface area contributed by atoms with Gasteiger partial charge in [-0.05, 0) is 36.8 Å². The Labute approximate surface area is 154 Å². The average Bonchev–Trinajstić information content (AvgIpc) is 2.44. The molecule has 0 radical (unpaired) electrons. The van der Waals surface area contributed by atoms with Crippen LogP contribution in [0.15, 0.2) is 40.1 Å². The number of hydrogen-bond acceptors (Lipinski definition) is 6. The third-order valence-corrected chi connectivity index (χ3v) is 5.46. The van der Waals surface area contributed by atoms with Crippen LogP contribution in [0.2, 0.25) is 10.0 Å². The summed E-state index contributed by atoms with van der Waals surface area (Å²) in [6.07, 6.45) is 0. The quantitative estimate of drug-likeness (QED) is 0.418. The van der Waals surface area contributed by atoms with Crippen molar-refractivity contribution in [2.45, 2.75) is 16.7 Å². The minimum Gasteiger partial charge on any atom is -0.399 e. The van der Waals surface area contributed by atoms with Gasteiger partial charge < -0.3 is 11.5 Å². The van der Waals surface area contributed by atoms with E-state index in [-0.39, 0.29) is 20.6 Å². The van der Waals surface area contributed by atoms with Crippen LogP contribution in [0.3, 0.4) is 0 Å². The molecule has 8 nitrogen and oxygen atoms in total. The second kappa shape index (κ2) is 7.77. The van der Waals surface area contributed by atoms with E-state index in [1.165, 1.54) is 6.07 Å². The third-order valence-electron chi connectivity index (χ3n) is 2.82. The molecule has 138 valence electrons. The Morgan fingerprint density at radius 1 is 0.840 bits per heavy atom. The number of halogens is 2. The van der Waals surface area contributed by atoms with E-state index >= 15 is 0 Å². The Morgan fingerprint density at radius 2 is 1.36 bits per heavy atom. The number of aryl methyl sites for hydroxylation is 1. The van der Waals surface area contributed by atoms with Crippen molar-refractivity contribution in [1.82, 2.24) is 0 Å². The van der Waals surface area contributed by atoms with E-state index in [0.717, 1.165) is 12.1 Å². The highest BCUT2D eigenvalue weighted by Gasteiger charge is 2.16.